The Labute approximate surface area is 266 Å². The lowest BCUT2D eigenvalue weighted by molar-refractivity contribution is -0.140. The van der Waals surface area contributed by atoms with E-state index in [1.165, 1.54) is 16.9 Å². The molecule has 6 unspecified atom stereocenters. The Hall–Kier alpha value is -4.43. The first-order valence-electron chi connectivity index (χ1n) is 15.4. The highest BCUT2D eigenvalue weighted by molar-refractivity contribution is 6.32. The summed E-state index contributed by atoms with van der Waals surface area (Å²) in [5.74, 6) is -4.48. The first kappa shape index (κ1) is 29.3. The number of carbonyl (C=O) groups excluding carboxylic acids is 4. The van der Waals surface area contributed by atoms with Crippen LogP contribution in [0.3, 0.4) is 0 Å². The molecule has 7 rings (SSSR count). The number of halogens is 1. The zero-order valence-electron chi connectivity index (χ0n) is 25.0. The Morgan fingerprint density at radius 1 is 0.933 bits per heavy atom. The van der Waals surface area contributed by atoms with Crippen molar-refractivity contribution in [1.82, 2.24) is 4.90 Å². The average Bonchev–Trinajstić information content (AvgIpc) is 3.42. The van der Waals surface area contributed by atoms with Gasteiger partial charge in [0.1, 0.15) is 11.5 Å². The second-order valence-electron chi connectivity index (χ2n) is 12.3. The van der Waals surface area contributed by atoms with Gasteiger partial charge in [-0.15, -0.1) is 0 Å². The third-order valence-electron chi connectivity index (χ3n) is 10.3. The zero-order chi connectivity index (χ0) is 31.6. The summed E-state index contributed by atoms with van der Waals surface area (Å²) in [6.45, 7) is 2.26. The molecular weight excluding hydrogens is 592 g/mol. The fraction of sp³-hybridized carbons (Fsp3) is 0.333. The SMILES string of the molecule is CCCN1C(=O)C2CC=C3C(CC4C(=O)N(c5cccc(Cl)c5)C(=O)C4(c4ccccc4)C3c3c(O)cccc3OC)C2C1=O. The molecule has 230 valence electrons. The van der Waals surface area contributed by atoms with Gasteiger partial charge in [0, 0.05) is 23.0 Å². The number of hydrogen-bond donors (Lipinski definition) is 1. The van der Waals surface area contributed by atoms with E-state index in [1.807, 2.05) is 43.3 Å². The number of ether oxygens (including phenoxy) is 1. The van der Waals surface area contributed by atoms with Crippen LogP contribution in [0, 0.1) is 23.7 Å². The van der Waals surface area contributed by atoms with E-state index in [-0.39, 0.29) is 24.0 Å². The fourth-order valence-electron chi connectivity index (χ4n) is 8.57. The predicted octanol–water partition coefficient (Wildman–Crippen LogP) is 5.63. The molecule has 3 fully saturated rings. The molecule has 0 aromatic heterocycles. The Bertz CT molecular complexity index is 1770. The van der Waals surface area contributed by atoms with Crippen LogP contribution in [0.25, 0.3) is 0 Å². The number of phenolic OH excluding ortho intramolecular Hbond substituents is 1. The Kier molecular flexibility index (Phi) is 7.08. The van der Waals surface area contributed by atoms with Gasteiger partial charge in [-0.25, -0.2) is 4.90 Å². The number of anilines is 1. The van der Waals surface area contributed by atoms with E-state index in [4.69, 9.17) is 16.3 Å². The molecule has 0 bridgehead atoms. The molecule has 45 heavy (non-hydrogen) atoms. The number of amides is 4. The number of aromatic hydroxyl groups is 1. The molecule has 2 saturated heterocycles. The summed E-state index contributed by atoms with van der Waals surface area (Å²) < 4.78 is 5.81. The number of likely N-dealkylation sites (tertiary alicyclic amines) is 1. The minimum atomic E-state index is -1.49. The zero-order valence-corrected chi connectivity index (χ0v) is 25.7. The summed E-state index contributed by atoms with van der Waals surface area (Å²) in [5.41, 5.74) is 0.623. The Morgan fingerprint density at radius 3 is 2.40 bits per heavy atom. The maximum absolute atomic E-state index is 15.2. The van der Waals surface area contributed by atoms with Crippen molar-refractivity contribution in [2.45, 2.75) is 37.5 Å². The highest BCUT2D eigenvalue weighted by Crippen LogP contribution is 2.66. The number of benzene rings is 3. The van der Waals surface area contributed by atoms with E-state index in [1.54, 1.807) is 42.5 Å². The fourth-order valence-corrected chi connectivity index (χ4v) is 8.75. The second kappa shape index (κ2) is 10.9. The lowest BCUT2D eigenvalue weighted by Crippen LogP contribution is -2.53. The molecule has 2 aliphatic carbocycles. The molecule has 9 heteroatoms. The molecule has 3 aromatic rings. The molecule has 3 aromatic carbocycles. The molecule has 2 heterocycles. The third-order valence-corrected chi connectivity index (χ3v) is 10.5. The summed E-state index contributed by atoms with van der Waals surface area (Å²) >= 11 is 6.36. The molecule has 1 saturated carbocycles. The largest absolute Gasteiger partial charge is 0.508 e. The average molecular weight is 625 g/mol. The molecule has 2 aliphatic heterocycles. The standard InChI is InChI=1S/C36H33ClN2O6/c1-3-17-38-32(41)24-16-15-23-25(29(24)34(38)43)19-26-33(42)39(22-12-7-11-21(37)18-22)35(44)36(26,20-9-5-4-6-10-20)31(23)30-27(40)13-8-14-28(30)45-2/h4-15,18,24-26,29,31,40H,3,16-17,19H2,1-2H3. The van der Waals surface area contributed by atoms with Crippen LogP contribution in [-0.2, 0) is 24.6 Å². The van der Waals surface area contributed by atoms with Gasteiger partial charge in [0.2, 0.25) is 23.6 Å². The molecule has 4 aliphatic rings. The Morgan fingerprint density at radius 2 is 1.69 bits per heavy atom. The molecule has 8 nitrogen and oxygen atoms in total. The summed E-state index contributed by atoms with van der Waals surface area (Å²) in [6.07, 6.45) is 3.13. The van der Waals surface area contributed by atoms with Crippen LogP contribution in [0.1, 0.15) is 43.2 Å². The van der Waals surface area contributed by atoms with Crippen molar-refractivity contribution in [2.24, 2.45) is 23.7 Å². The van der Waals surface area contributed by atoms with E-state index >= 15 is 4.79 Å². The molecule has 0 radical (unpaired) electrons. The van der Waals surface area contributed by atoms with Crippen LogP contribution in [-0.4, -0.2) is 47.3 Å². The molecule has 0 spiro atoms. The highest BCUT2D eigenvalue weighted by atomic mass is 35.5. The number of fused-ring (bicyclic) bond motifs is 4. The first-order valence-corrected chi connectivity index (χ1v) is 15.7. The van der Waals surface area contributed by atoms with Crippen LogP contribution >= 0.6 is 11.6 Å². The topological polar surface area (TPSA) is 104 Å². The van der Waals surface area contributed by atoms with E-state index in [2.05, 4.69) is 0 Å². The van der Waals surface area contributed by atoms with Gasteiger partial charge in [-0.3, -0.25) is 24.1 Å². The predicted molar refractivity (Wildman–Crippen MR) is 168 cm³/mol. The smallest absolute Gasteiger partial charge is 0.246 e. The molecule has 1 N–H and O–H groups in total. The maximum Gasteiger partial charge on any atom is 0.246 e. The van der Waals surface area contributed by atoms with Crippen molar-refractivity contribution in [3.63, 3.8) is 0 Å². The van der Waals surface area contributed by atoms with Crippen LogP contribution in [0.4, 0.5) is 5.69 Å². The third kappa shape index (κ3) is 4.04. The monoisotopic (exact) mass is 624 g/mol. The van der Waals surface area contributed by atoms with E-state index in [0.29, 0.717) is 47.0 Å². The number of phenols is 1. The highest BCUT2D eigenvalue weighted by Gasteiger charge is 2.70. The number of nitrogens with zero attached hydrogens (tertiary/aromatic N) is 2. The summed E-state index contributed by atoms with van der Waals surface area (Å²) in [5, 5.41) is 11.9. The van der Waals surface area contributed by atoms with Crippen LogP contribution < -0.4 is 9.64 Å². The number of hydrogen-bond acceptors (Lipinski definition) is 6. The van der Waals surface area contributed by atoms with Crippen molar-refractivity contribution in [2.75, 3.05) is 18.6 Å². The lowest BCUT2D eigenvalue weighted by Gasteiger charge is -2.51. The number of allylic oxidation sites excluding steroid dienone is 2. The van der Waals surface area contributed by atoms with E-state index < -0.39 is 46.8 Å². The summed E-state index contributed by atoms with van der Waals surface area (Å²) in [4.78, 5) is 60.0. The van der Waals surface area contributed by atoms with Gasteiger partial charge in [0.05, 0.1) is 36.0 Å². The van der Waals surface area contributed by atoms with Crippen LogP contribution in [0.2, 0.25) is 5.02 Å². The number of rotatable bonds is 6. The summed E-state index contributed by atoms with van der Waals surface area (Å²) in [6, 6.07) is 20.8. The van der Waals surface area contributed by atoms with Gasteiger partial charge < -0.3 is 9.84 Å². The molecular formula is C36H33ClN2O6. The molecule has 4 amide bonds. The van der Waals surface area contributed by atoms with Crippen LogP contribution in [0.15, 0.2) is 84.4 Å². The van der Waals surface area contributed by atoms with Gasteiger partial charge in [-0.1, -0.05) is 72.6 Å². The number of carbonyl (C=O) groups is 4. The minimum absolute atomic E-state index is 0.0834. The van der Waals surface area contributed by atoms with Gasteiger partial charge in [-0.05, 0) is 61.1 Å². The first-order chi connectivity index (χ1) is 21.7. The normalized spacial score (nSPS) is 29.0. The molecule has 6 atom stereocenters. The Balaban J connectivity index is 1.53. The summed E-state index contributed by atoms with van der Waals surface area (Å²) in [7, 11) is 1.50. The maximum atomic E-state index is 15.2. The van der Waals surface area contributed by atoms with Gasteiger partial charge >= 0.3 is 0 Å². The lowest BCUT2D eigenvalue weighted by atomic mass is 9.49. The number of methoxy groups -OCH3 is 1. The van der Waals surface area contributed by atoms with E-state index in [0.717, 1.165) is 5.57 Å². The number of imide groups is 2. The van der Waals surface area contributed by atoms with Gasteiger partial charge in [0.25, 0.3) is 0 Å². The van der Waals surface area contributed by atoms with Gasteiger partial charge in [-0.2, -0.15) is 0 Å². The van der Waals surface area contributed by atoms with Crippen molar-refractivity contribution < 1.29 is 29.0 Å². The minimum Gasteiger partial charge on any atom is -0.508 e. The second-order valence-corrected chi connectivity index (χ2v) is 12.8. The van der Waals surface area contributed by atoms with Crippen molar-refractivity contribution in [3.05, 3.63) is 101 Å². The van der Waals surface area contributed by atoms with Crippen molar-refractivity contribution >= 4 is 40.9 Å². The van der Waals surface area contributed by atoms with Crippen molar-refractivity contribution in [1.29, 1.82) is 0 Å². The quantitative estimate of drug-likeness (QED) is 0.282. The van der Waals surface area contributed by atoms with Gasteiger partial charge in [0.15, 0.2) is 0 Å². The van der Waals surface area contributed by atoms with Crippen molar-refractivity contribution in [3.8, 4) is 11.5 Å². The van der Waals surface area contributed by atoms with E-state index in [9.17, 15) is 19.5 Å². The van der Waals surface area contributed by atoms with Crippen LogP contribution in [0.5, 0.6) is 11.5 Å².